The minimum atomic E-state index is 0. The molecule has 0 bridgehead atoms. The van der Waals surface area contributed by atoms with Crippen molar-refractivity contribution in [2.45, 2.75) is 0 Å². The van der Waals surface area contributed by atoms with Gasteiger partial charge in [0.15, 0.2) is 0 Å². The summed E-state index contributed by atoms with van der Waals surface area (Å²) in [6.45, 7) is 0. The number of hydrogen-bond donors (Lipinski definition) is 2. The SMILES string of the molecule is C[N+](C)=CNc1ccc(O)cc1.[Cl-]. The van der Waals surface area contributed by atoms with Gasteiger partial charge in [0.05, 0.1) is 14.1 Å². The fraction of sp³-hybridized carbons (Fsp3) is 0.222. The van der Waals surface area contributed by atoms with Crippen LogP contribution in [0.15, 0.2) is 24.3 Å². The van der Waals surface area contributed by atoms with Crippen LogP contribution in [0.5, 0.6) is 5.75 Å². The summed E-state index contributed by atoms with van der Waals surface area (Å²) in [5.74, 6) is 0.283. The normalized spacial score (nSPS) is 8.46. The average molecular weight is 201 g/mol. The van der Waals surface area contributed by atoms with Gasteiger partial charge >= 0.3 is 0 Å². The summed E-state index contributed by atoms with van der Waals surface area (Å²) in [5, 5.41) is 12.0. The number of anilines is 1. The number of hydrogen-bond acceptors (Lipinski definition) is 1. The molecule has 4 heteroatoms. The van der Waals surface area contributed by atoms with Gasteiger partial charge in [-0.05, 0) is 24.3 Å². The van der Waals surface area contributed by atoms with E-state index in [0.717, 1.165) is 5.69 Å². The van der Waals surface area contributed by atoms with Gasteiger partial charge in [-0.3, -0.25) is 4.58 Å². The lowest BCUT2D eigenvalue weighted by Gasteiger charge is -1.94. The third-order valence-electron chi connectivity index (χ3n) is 1.36. The summed E-state index contributed by atoms with van der Waals surface area (Å²) in [7, 11) is 3.88. The second kappa shape index (κ2) is 5.43. The molecule has 0 fully saturated rings. The molecular weight excluding hydrogens is 188 g/mol. The smallest absolute Gasteiger partial charge is 0.236 e. The van der Waals surface area contributed by atoms with Crippen molar-refractivity contribution in [3.05, 3.63) is 24.3 Å². The van der Waals surface area contributed by atoms with Crippen LogP contribution in [0.2, 0.25) is 0 Å². The minimum Gasteiger partial charge on any atom is -1.00 e. The van der Waals surface area contributed by atoms with Gasteiger partial charge < -0.3 is 17.5 Å². The third kappa shape index (κ3) is 4.38. The number of nitrogens with one attached hydrogen (secondary N) is 1. The molecule has 3 nitrogen and oxygen atoms in total. The molecule has 0 aliphatic rings. The second-order valence-corrected chi connectivity index (χ2v) is 2.78. The van der Waals surface area contributed by atoms with E-state index >= 15 is 0 Å². The van der Waals surface area contributed by atoms with Crippen LogP contribution in [0.1, 0.15) is 0 Å². The van der Waals surface area contributed by atoms with Crippen LogP contribution in [0.3, 0.4) is 0 Å². The molecule has 0 saturated heterocycles. The number of phenols is 1. The Balaban J connectivity index is 0.00000144. The van der Waals surface area contributed by atoms with Crippen LogP contribution in [0, 0.1) is 0 Å². The first-order chi connectivity index (χ1) is 5.68. The van der Waals surface area contributed by atoms with Gasteiger partial charge in [0, 0.05) is 0 Å². The Hall–Kier alpha value is -1.22. The van der Waals surface area contributed by atoms with Gasteiger partial charge in [0.25, 0.3) is 0 Å². The highest BCUT2D eigenvalue weighted by atomic mass is 35.5. The summed E-state index contributed by atoms with van der Waals surface area (Å²) in [6.07, 6.45) is 1.84. The number of benzene rings is 1. The second-order valence-electron chi connectivity index (χ2n) is 2.78. The average Bonchev–Trinajstić information content (AvgIpc) is 2.03. The first-order valence-corrected chi connectivity index (χ1v) is 3.74. The van der Waals surface area contributed by atoms with Crippen molar-refractivity contribution in [2.24, 2.45) is 0 Å². The molecule has 1 aromatic rings. The zero-order valence-corrected chi connectivity index (χ0v) is 8.42. The maximum atomic E-state index is 8.99. The van der Waals surface area contributed by atoms with E-state index in [1.807, 2.05) is 37.1 Å². The van der Waals surface area contributed by atoms with Gasteiger partial charge in [-0.2, -0.15) is 0 Å². The van der Waals surface area contributed by atoms with Crippen molar-refractivity contribution in [2.75, 3.05) is 19.4 Å². The standard InChI is InChI=1S/C9H12N2O.ClH/c1-11(2)7-10-8-3-5-9(12)6-4-8;/h3-7,12H,1-2H3;1H. The molecule has 1 aromatic carbocycles. The predicted molar refractivity (Wildman–Crippen MR) is 49.9 cm³/mol. The Bertz CT molecular complexity index is 278. The Morgan fingerprint density at radius 1 is 1.23 bits per heavy atom. The Labute approximate surface area is 84.1 Å². The van der Waals surface area contributed by atoms with E-state index in [1.54, 1.807) is 12.1 Å². The van der Waals surface area contributed by atoms with Crippen molar-refractivity contribution >= 4 is 12.0 Å². The van der Waals surface area contributed by atoms with E-state index in [-0.39, 0.29) is 18.2 Å². The summed E-state index contributed by atoms with van der Waals surface area (Å²) >= 11 is 0. The molecule has 0 heterocycles. The van der Waals surface area contributed by atoms with Crippen molar-refractivity contribution in [1.29, 1.82) is 0 Å². The van der Waals surface area contributed by atoms with Gasteiger partial charge in [0.1, 0.15) is 11.4 Å². The van der Waals surface area contributed by atoms with Crippen LogP contribution in [0.25, 0.3) is 0 Å². The van der Waals surface area contributed by atoms with Crippen LogP contribution in [-0.4, -0.2) is 30.1 Å². The van der Waals surface area contributed by atoms with E-state index in [9.17, 15) is 0 Å². The van der Waals surface area contributed by atoms with Crippen molar-refractivity contribution < 1.29 is 22.1 Å². The summed E-state index contributed by atoms with van der Waals surface area (Å²) in [6, 6.07) is 6.92. The quantitative estimate of drug-likeness (QED) is 0.254. The highest BCUT2D eigenvalue weighted by molar-refractivity contribution is 5.72. The molecule has 0 radical (unpaired) electrons. The highest BCUT2D eigenvalue weighted by Crippen LogP contribution is 2.12. The van der Waals surface area contributed by atoms with Gasteiger partial charge in [-0.1, -0.05) is 0 Å². The number of nitrogens with zero attached hydrogens (tertiary/aromatic N) is 1. The molecule has 0 aliphatic carbocycles. The van der Waals surface area contributed by atoms with E-state index in [4.69, 9.17) is 5.11 Å². The molecule has 0 spiro atoms. The zero-order valence-electron chi connectivity index (χ0n) is 7.66. The van der Waals surface area contributed by atoms with Crippen LogP contribution >= 0.6 is 0 Å². The summed E-state index contributed by atoms with van der Waals surface area (Å²) < 4.78 is 1.91. The van der Waals surface area contributed by atoms with E-state index in [1.165, 1.54) is 0 Å². The molecule has 13 heavy (non-hydrogen) atoms. The number of rotatable bonds is 2. The zero-order chi connectivity index (χ0) is 8.97. The first kappa shape index (κ1) is 11.8. The molecule has 0 aromatic heterocycles. The molecule has 72 valence electrons. The Morgan fingerprint density at radius 2 is 1.77 bits per heavy atom. The van der Waals surface area contributed by atoms with Crippen molar-refractivity contribution in [3.8, 4) is 5.75 Å². The molecule has 1 rings (SSSR count). The lowest BCUT2D eigenvalue weighted by molar-refractivity contribution is -0.459. The third-order valence-corrected chi connectivity index (χ3v) is 1.36. The molecule has 0 aliphatic heterocycles. The molecule has 0 amide bonds. The van der Waals surface area contributed by atoms with E-state index in [2.05, 4.69) is 5.32 Å². The largest absolute Gasteiger partial charge is 1.00 e. The molecular formula is C9H13ClN2O. The summed E-state index contributed by atoms with van der Waals surface area (Å²) in [4.78, 5) is 0. The maximum absolute atomic E-state index is 8.99. The molecule has 0 saturated carbocycles. The Morgan fingerprint density at radius 3 is 2.23 bits per heavy atom. The Kier molecular flexibility index (Phi) is 4.92. The van der Waals surface area contributed by atoms with Crippen LogP contribution in [0.4, 0.5) is 5.69 Å². The van der Waals surface area contributed by atoms with Crippen molar-refractivity contribution in [1.82, 2.24) is 0 Å². The molecule has 2 N–H and O–H groups in total. The minimum absolute atomic E-state index is 0. The highest BCUT2D eigenvalue weighted by Gasteiger charge is 1.93. The first-order valence-electron chi connectivity index (χ1n) is 3.74. The van der Waals surface area contributed by atoms with Crippen molar-refractivity contribution in [3.63, 3.8) is 0 Å². The lowest BCUT2D eigenvalue weighted by Crippen LogP contribution is -3.00. The number of aromatic hydroxyl groups is 1. The summed E-state index contributed by atoms with van der Waals surface area (Å²) in [5.41, 5.74) is 0.960. The topological polar surface area (TPSA) is 35.3 Å². The number of phenolic OH excluding ortho intramolecular Hbond substituents is 1. The fourth-order valence-electron chi connectivity index (χ4n) is 0.761. The van der Waals surface area contributed by atoms with E-state index in [0.29, 0.717) is 0 Å². The fourth-order valence-corrected chi connectivity index (χ4v) is 0.761. The monoisotopic (exact) mass is 200 g/mol. The van der Waals surface area contributed by atoms with Crippen LogP contribution < -0.4 is 17.7 Å². The predicted octanol–water partition coefficient (Wildman–Crippen LogP) is -1.89. The molecule has 0 atom stereocenters. The number of halogens is 1. The van der Waals surface area contributed by atoms with Gasteiger partial charge in [-0.15, -0.1) is 0 Å². The van der Waals surface area contributed by atoms with E-state index < -0.39 is 0 Å². The van der Waals surface area contributed by atoms with Crippen LogP contribution in [-0.2, 0) is 0 Å². The lowest BCUT2D eigenvalue weighted by atomic mass is 10.3. The van der Waals surface area contributed by atoms with Gasteiger partial charge in [-0.25, -0.2) is 5.32 Å². The van der Waals surface area contributed by atoms with Gasteiger partial charge in [0.2, 0.25) is 6.34 Å². The molecule has 0 unspecified atom stereocenters. The maximum Gasteiger partial charge on any atom is 0.236 e.